The van der Waals surface area contributed by atoms with Crippen LogP contribution in [0.1, 0.15) is 28.3 Å². The van der Waals surface area contributed by atoms with E-state index < -0.39 is 5.91 Å². The molecule has 3 N–H and O–H groups in total. The van der Waals surface area contributed by atoms with E-state index in [9.17, 15) is 9.18 Å². The number of amides is 1. The molecule has 0 aliphatic heterocycles. The van der Waals surface area contributed by atoms with E-state index in [1.165, 1.54) is 18.2 Å². The third-order valence-corrected chi connectivity index (χ3v) is 3.62. The van der Waals surface area contributed by atoms with E-state index >= 15 is 0 Å². The summed E-state index contributed by atoms with van der Waals surface area (Å²) < 4.78 is 12.9. The fourth-order valence-electron chi connectivity index (χ4n) is 2.27. The van der Waals surface area contributed by atoms with Crippen molar-refractivity contribution in [3.63, 3.8) is 0 Å². The molecule has 21 heavy (non-hydrogen) atoms. The van der Waals surface area contributed by atoms with Gasteiger partial charge in [-0.15, -0.1) is 10.2 Å². The average molecular weight is 307 g/mol. The summed E-state index contributed by atoms with van der Waals surface area (Å²) in [5.74, 6) is -0.304. The van der Waals surface area contributed by atoms with Gasteiger partial charge >= 0.3 is 0 Å². The number of aromatic nitrogens is 2. The van der Waals surface area contributed by atoms with Gasteiger partial charge in [0.05, 0.1) is 5.56 Å². The number of benzene rings is 1. The molecule has 2 aromatic rings. The Bertz CT molecular complexity index is 692. The first kappa shape index (κ1) is 13.8. The lowest BCUT2D eigenvalue weighted by molar-refractivity contribution is 0.100. The van der Waals surface area contributed by atoms with Gasteiger partial charge in [0.25, 0.3) is 5.91 Å². The summed E-state index contributed by atoms with van der Waals surface area (Å²) in [6, 6.07) is 7.87. The van der Waals surface area contributed by atoms with Crippen molar-refractivity contribution < 1.29 is 9.18 Å². The maximum Gasteiger partial charge on any atom is 0.252 e. The average Bonchev–Trinajstić information content (AvgIpc) is 3.20. The number of hydrogen-bond acceptors (Lipinski definition) is 4. The summed E-state index contributed by atoms with van der Waals surface area (Å²) in [7, 11) is 0. The molecule has 0 radical (unpaired) electrons. The van der Waals surface area contributed by atoms with E-state index in [1.54, 1.807) is 12.1 Å². The van der Waals surface area contributed by atoms with E-state index in [1.807, 2.05) is 0 Å². The highest BCUT2D eigenvalue weighted by Crippen LogP contribution is 2.42. The zero-order valence-electron chi connectivity index (χ0n) is 10.9. The number of nitrogens with zero attached hydrogens (tertiary/aromatic N) is 2. The highest BCUT2D eigenvalue weighted by molar-refractivity contribution is 6.29. The third kappa shape index (κ3) is 2.95. The van der Waals surface area contributed by atoms with Crippen molar-refractivity contribution in [1.29, 1.82) is 0 Å². The molecular weight excluding hydrogens is 295 g/mol. The molecule has 3 rings (SSSR count). The fraction of sp³-hybridized carbons (Fsp3) is 0.214. The number of carbonyl (C=O) groups excluding carboxylic acids is 1. The summed E-state index contributed by atoms with van der Waals surface area (Å²) in [6.07, 6.45) is 0.869. The molecule has 0 bridgehead atoms. The van der Waals surface area contributed by atoms with Crippen LogP contribution in [-0.4, -0.2) is 22.1 Å². The van der Waals surface area contributed by atoms with E-state index in [0.29, 0.717) is 5.82 Å². The molecule has 1 aromatic carbocycles. The van der Waals surface area contributed by atoms with Crippen molar-refractivity contribution in [2.75, 3.05) is 5.32 Å². The SMILES string of the molecule is NC(=O)c1cc(Cl)nnc1N[C@@H]1C[C@H]1c1ccc(F)cc1. The van der Waals surface area contributed by atoms with Crippen LogP contribution < -0.4 is 11.1 Å². The smallest absolute Gasteiger partial charge is 0.252 e. The summed E-state index contributed by atoms with van der Waals surface area (Å²) in [6.45, 7) is 0. The van der Waals surface area contributed by atoms with Gasteiger partial charge in [-0.1, -0.05) is 23.7 Å². The number of primary amides is 1. The van der Waals surface area contributed by atoms with Crippen LogP contribution in [0.15, 0.2) is 30.3 Å². The fourth-order valence-corrected chi connectivity index (χ4v) is 2.42. The Morgan fingerprint density at radius 2 is 2.05 bits per heavy atom. The second kappa shape index (κ2) is 5.29. The van der Waals surface area contributed by atoms with E-state index in [-0.39, 0.29) is 28.5 Å². The molecule has 1 fully saturated rings. The van der Waals surface area contributed by atoms with Crippen LogP contribution in [0.5, 0.6) is 0 Å². The van der Waals surface area contributed by atoms with Gasteiger partial charge < -0.3 is 11.1 Å². The summed E-state index contributed by atoms with van der Waals surface area (Å²) in [4.78, 5) is 11.4. The normalized spacial score (nSPS) is 20.1. The second-order valence-corrected chi connectivity index (χ2v) is 5.33. The minimum Gasteiger partial charge on any atom is -0.365 e. The number of carbonyl (C=O) groups is 1. The molecule has 0 unspecified atom stereocenters. The van der Waals surface area contributed by atoms with Crippen LogP contribution in [0, 0.1) is 5.82 Å². The first-order chi connectivity index (χ1) is 10.0. The predicted molar refractivity (Wildman–Crippen MR) is 76.7 cm³/mol. The zero-order chi connectivity index (χ0) is 15.0. The third-order valence-electron chi connectivity index (χ3n) is 3.44. The van der Waals surface area contributed by atoms with Gasteiger partial charge in [0, 0.05) is 12.0 Å². The maximum absolute atomic E-state index is 12.9. The molecule has 1 aromatic heterocycles. The Kier molecular flexibility index (Phi) is 3.47. The number of halogens is 2. The molecule has 1 aliphatic carbocycles. The molecule has 0 saturated heterocycles. The Hall–Kier alpha value is -2.21. The standard InChI is InChI=1S/C14H12ClFN4O/c15-12-6-10(13(17)21)14(20-19-12)18-11-5-9(11)7-1-3-8(16)4-2-7/h1-4,6,9,11H,5H2,(H2,17,21)(H,18,20)/t9-,11+/m0/s1. The van der Waals surface area contributed by atoms with Crippen molar-refractivity contribution in [3.8, 4) is 0 Å². The van der Waals surface area contributed by atoms with Gasteiger partial charge in [0.1, 0.15) is 5.82 Å². The van der Waals surface area contributed by atoms with Crippen molar-refractivity contribution >= 4 is 23.3 Å². The second-order valence-electron chi connectivity index (χ2n) is 4.94. The minimum atomic E-state index is -0.617. The van der Waals surface area contributed by atoms with Gasteiger partial charge in [0.2, 0.25) is 0 Å². The van der Waals surface area contributed by atoms with Crippen LogP contribution >= 0.6 is 11.6 Å². The number of anilines is 1. The van der Waals surface area contributed by atoms with Crippen LogP contribution in [-0.2, 0) is 0 Å². The molecule has 1 saturated carbocycles. The molecule has 2 atom stereocenters. The van der Waals surface area contributed by atoms with Crippen LogP contribution in [0.4, 0.5) is 10.2 Å². The molecule has 0 spiro atoms. The van der Waals surface area contributed by atoms with E-state index in [0.717, 1.165) is 12.0 Å². The lowest BCUT2D eigenvalue weighted by atomic mass is 10.1. The lowest BCUT2D eigenvalue weighted by Gasteiger charge is -2.08. The molecule has 7 heteroatoms. The molecule has 5 nitrogen and oxygen atoms in total. The highest BCUT2D eigenvalue weighted by atomic mass is 35.5. The zero-order valence-corrected chi connectivity index (χ0v) is 11.6. The maximum atomic E-state index is 12.9. The summed E-state index contributed by atoms with van der Waals surface area (Å²) >= 11 is 5.71. The molecule has 108 valence electrons. The van der Waals surface area contributed by atoms with Gasteiger partial charge in [-0.25, -0.2) is 4.39 Å². The van der Waals surface area contributed by atoms with Crippen LogP contribution in [0.2, 0.25) is 5.15 Å². The monoisotopic (exact) mass is 306 g/mol. The van der Waals surface area contributed by atoms with Crippen molar-refractivity contribution in [1.82, 2.24) is 10.2 Å². The molecular formula is C14H12ClFN4O. The number of rotatable bonds is 4. The number of nitrogens with two attached hydrogens (primary N) is 1. The largest absolute Gasteiger partial charge is 0.365 e. The van der Waals surface area contributed by atoms with Crippen molar-refractivity contribution in [3.05, 3.63) is 52.4 Å². The highest BCUT2D eigenvalue weighted by Gasteiger charge is 2.39. The van der Waals surface area contributed by atoms with Crippen LogP contribution in [0.25, 0.3) is 0 Å². The van der Waals surface area contributed by atoms with Crippen LogP contribution in [0.3, 0.4) is 0 Å². The number of nitrogens with one attached hydrogen (secondary N) is 1. The van der Waals surface area contributed by atoms with Gasteiger partial charge in [-0.3, -0.25) is 4.79 Å². The predicted octanol–water partition coefficient (Wildman–Crippen LogP) is 2.34. The Labute approximate surface area is 125 Å². The van der Waals surface area contributed by atoms with Crippen molar-refractivity contribution in [2.24, 2.45) is 5.73 Å². The molecule has 1 amide bonds. The Morgan fingerprint density at radius 3 is 2.71 bits per heavy atom. The van der Waals surface area contributed by atoms with E-state index in [2.05, 4.69) is 15.5 Å². The summed E-state index contributed by atoms with van der Waals surface area (Å²) in [5.41, 5.74) is 6.54. The lowest BCUT2D eigenvalue weighted by Crippen LogP contribution is -2.17. The first-order valence-corrected chi connectivity index (χ1v) is 6.77. The molecule has 1 aliphatic rings. The number of hydrogen-bond donors (Lipinski definition) is 2. The topological polar surface area (TPSA) is 80.9 Å². The van der Waals surface area contributed by atoms with Gasteiger partial charge in [-0.2, -0.15) is 0 Å². The molecule has 1 heterocycles. The van der Waals surface area contributed by atoms with Crippen molar-refractivity contribution in [2.45, 2.75) is 18.4 Å². The van der Waals surface area contributed by atoms with E-state index in [4.69, 9.17) is 17.3 Å². The first-order valence-electron chi connectivity index (χ1n) is 6.39. The van der Waals surface area contributed by atoms with Gasteiger partial charge in [0.15, 0.2) is 11.0 Å². The Morgan fingerprint density at radius 1 is 1.33 bits per heavy atom. The minimum absolute atomic E-state index is 0.111. The van der Waals surface area contributed by atoms with Gasteiger partial charge in [-0.05, 0) is 30.2 Å². The summed E-state index contributed by atoms with van der Waals surface area (Å²) in [5, 5.41) is 10.8. The Balaban J connectivity index is 1.74. The quantitative estimate of drug-likeness (QED) is 0.908.